The average Bonchev–Trinajstić information content (AvgIpc) is 2.38. The second kappa shape index (κ2) is 8.31. The van der Waals surface area contributed by atoms with Gasteiger partial charge < -0.3 is 10.4 Å². The molecule has 2 rings (SSSR count). The molecular weight excluding hydrogens is 246 g/mol. The van der Waals surface area contributed by atoms with Gasteiger partial charge in [-0.25, -0.2) is 0 Å². The van der Waals surface area contributed by atoms with E-state index < -0.39 is 0 Å². The molecule has 1 aliphatic rings. The van der Waals surface area contributed by atoms with Gasteiger partial charge in [0.2, 0.25) is 0 Å². The van der Waals surface area contributed by atoms with Crippen molar-refractivity contribution in [1.82, 2.24) is 5.32 Å². The summed E-state index contributed by atoms with van der Waals surface area (Å²) in [5.41, 5.74) is 1.25. The van der Waals surface area contributed by atoms with E-state index in [0.29, 0.717) is 11.8 Å². The van der Waals surface area contributed by atoms with E-state index in [2.05, 4.69) is 18.3 Å². The third kappa shape index (κ3) is 4.82. The minimum atomic E-state index is 0.385. The van der Waals surface area contributed by atoms with Gasteiger partial charge in [0.25, 0.3) is 0 Å². The molecule has 2 heteroatoms. The summed E-state index contributed by atoms with van der Waals surface area (Å²) in [4.78, 5) is 0. The van der Waals surface area contributed by atoms with Gasteiger partial charge in [-0.1, -0.05) is 51.2 Å². The van der Waals surface area contributed by atoms with Crippen LogP contribution in [0.3, 0.4) is 0 Å². The molecule has 20 heavy (non-hydrogen) atoms. The number of phenols is 1. The van der Waals surface area contributed by atoms with Crippen molar-refractivity contribution >= 4 is 0 Å². The molecule has 1 aliphatic carbocycles. The first kappa shape index (κ1) is 15.4. The third-order valence-electron chi connectivity index (χ3n) is 4.55. The zero-order valence-corrected chi connectivity index (χ0v) is 12.8. The molecule has 0 bridgehead atoms. The summed E-state index contributed by atoms with van der Waals surface area (Å²) >= 11 is 0. The van der Waals surface area contributed by atoms with E-state index in [1.165, 1.54) is 50.5 Å². The third-order valence-corrected chi connectivity index (χ3v) is 4.55. The monoisotopic (exact) mass is 275 g/mol. The first-order valence-corrected chi connectivity index (χ1v) is 8.31. The number of rotatable bonds is 5. The number of benzene rings is 1. The van der Waals surface area contributed by atoms with E-state index >= 15 is 0 Å². The van der Waals surface area contributed by atoms with Crippen molar-refractivity contribution in [3.05, 3.63) is 29.8 Å². The molecule has 2 N–H and O–H groups in total. The lowest BCUT2D eigenvalue weighted by Gasteiger charge is -2.29. The van der Waals surface area contributed by atoms with Crippen LogP contribution in [0.5, 0.6) is 5.75 Å². The van der Waals surface area contributed by atoms with Crippen LogP contribution in [0.2, 0.25) is 0 Å². The molecule has 0 radical (unpaired) electrons. The Labute approximate surface area is 123 Å². The SMILES string of the molecule is CCNC(Cc1cccc(O)c1)C1CCCCCCC1. The Morgan fingerprint density at radius 3 is 2.50 bits per heavy atom. The summed E-state index contributed by atoms with van der Waals surface area (Å²) in [6.45, 7) is 3.22. The zero-order chi connectivity index (χ0) is 14.2. The van der Waals surface area contributed by atoms with Crippen molar-refractivity contribution in [3.8, 4) is 5.75 Å². The van der Waals surface area contributed by atoms with Crippen molar-refractivity contribution in [2.75, 3.05) is 6.54 Å². The molecule has 1 saturated carbocycles. The van der Waals surface area contributed by atoms with E-state index in [-0.39, 0.29) is 0 Å². The van der Waals surface area contributed by atoms with Crippen molar-refractivity contribution in [3.63, 3.8) is 0 Å². The van der Waals surface area contributed by atoms with Gasteiger partial charge in [-0.15, -0.1) is 0 Å². The maximum atomic E-state index is 9.63. The normalized spacial score (nSPS) is 19.2. The second-order valence-corrected chi connectivity index (χ2v) is 6.14. The number of likely N-dealkylation sites (N-methyl/N-ethyl adjacent to an activating group) is 1. The van der Waals surface area contributed by atoms with Gasteiger partial charge in [0.15, 0.2) is 0 Å². The predicted octanol–water partition coefficient (Wildman–Crippen LogP) is 4.27. The topological polar surface area (TPSA) is 32.3 Å². The Morgan fingerprint density at radius 1 is 1.15 bits per heavy atom. The van der Waals surface area contributed by atoms with Crippen LogP contribution in [0.25, 0.3) is 0 Å². The van der Waals surface area contributed by atoms with Crippen LogP contribution in [0.1, 0.15) is 57.4 Å². The minimum absolute atomic E-state index is 0.385. The summed E-state index contributed by atoms with van der Waals surface area (Å²) in [5.74, 6) is 1.17. The molecule has 112 valence electrons. The Balaban J connectivity index is 2.00. The Bertz CT molecular complexity index is 383. The molecule has 0 amide bonds. The molecule has 0 saturated heterocycles. The van der Waals surface area contributed by atoms with Gasteiger partial charge in [-0.2, -0.15) is 0 Å². The molecule has 1 aromatic carbocycles. The van der Waals surface area contributed by atoms with Gasteiger partial charge in [-0.05, 0) is 49.4 Å². The van der Waals surface area contributed by atoms with Gasteiger partial charge in [0, 0.05) is 6.04 Å². The highest BCUT2D eigenvalue weighted by molar-refractivity contribution is 5.27. The summed E-state index contributed by atoms with van der Waals surface area (Å²) < 4.78 is 0. The maximum absolute atomic E-state index is 9.63. The van der Waals surface area contributed by atoms with Crippen molar-refractivity contribution in [2.24, 2.45) is 5.92 Å². The van der Waals surface area contributed by atoms with Crippen LogP contribution >= 0.6 is 0 Å². The zero-order valence-electron chi connectivity index (χ0n) is 12.8. The van der Waals surface area contributed by atoms with Gasteiger partial charge >= 0.3 is 0 Å². The number of aromatic hydroxyl groups is 1. The molecule has 2 nitrogen and oxygen atoms in total. The van der Waals surface area contributed by atoms with E-state index in [1.807, 2.05) is 12.1 Å². The highest BCUT2D eigenvalue weighted by atomic mass is 16.3. The number of nitrogens with one attached hydrogen (secondary N) is 1. The van der Waals surface area contributed by atoms with E-state index in [4.69, 9.17) is 0 Å². The maximum Gasteiger partial charge on any atom is 0.115 e. The highest BCUT2D eigenvalue weighted by Gasteiger charge is 2.21. The summed E-state index contributed by atoms with van der Waals surface area (Å²) in [7, 11) is 0. The molecule has 0 aliphatic heterocycles. The van der Waals surface area contributed by atoms with Crippen molar-refractivity contribution < 1.29 is 5.11 Å². The first-order valence-electron chi connectivity index (χ1n) is 8.31. The van der Waals surface area contributed by atoms with Crippen LogP contribution in [-0.4, -0.2) is 17.7 Å². The lowest BCUT2D eigenvalue weighted by Crippen LogP contribution is -2.38. The molecule has 1 fully saturated rings. The van der Waals surface area contributed by atoms with Crippen LogP contribution in [-0.2, 0) is 6.42 Å². The molecule has 0 spiro atoms. The first-order chi connectivity index (χ1) is 9.79. The van der Waals surface area contributed by atoms with E-state index in [1.54, 1.807) is 6.07 Å². The number of hydrogen-bond donors (Lipinski definition) is 2. The molecule has 1 atom stereocenters. The van der Waals surface area contributed by atoms with Gasteiger partial charge in [0.05, 0.1) is 0 Å². The fraction of sp³-hybridized carbons (Fsp3) is 0.667. The van der Waals surface area contributed by atoms with Crippen LogP contribution < -0.4 is 5.32 Å². The van der Waals surface area contributed by atoms with Crippen LogP contribution in [0, 0.1) is 5.92 Å². The molecular formula is C18H29NO. The molecule has 0 heterocycles. The quantitative estimate of drug-likeness (QED) is 0.841. The molecule has 1 unspecified atom stereocenters. The van der Waals surface area contributed by atoms with Gasteiger partial charge in [-0.3, -0.25) is 0 Å². The summed E-state index contributed by atoms with van der Waals surface area (Å²) in [6, 6.07) is 8.30. The van der Waals surface area contributed by atoms with Crippen LogP contribution in [0.15, 0.2) is 24.3 Å². The summed E-state index contributed by atoms with van der Waals surface area (Å²) in [6.07, 6.45) is 10.7. The molecule has 0 aromatic heterocycles. The number of phenolic OH excluding ortho intramolecular Hbond substituents is 1. The van der Waals surface area contributed by atoms with Crippen LogP contribution in [0.4, 0.5) is 0 Å². The minimum Gasteiger partial charge on any atom is -0.508 e. The second-order valence-electron chi connectivity index (χ2n) is 6.14. The fourth-order valence-electron chi connectivity index (χ4n) is 3.50. The summed E-state index contributed by atoms with van der Waals surface area (Å²) in [5, 5.41) is 13.3. The Hall–Kier alpha value is -1.02. The smallest absolute Gasteiger partial charge is 0.115 e. The number of hydrogen-bond acceptors (Lipinski definition) is 2. The van der Waals surface area contributed by atoms with E-state index in [9.17, 15) is 5.11 Å². The average molecular weight is 275 g/mol. The predicted molar refractivity (Wildman–Crippen MR) is 85.1 cm³/mol. The van der Waals surface area contributed by atoms with Crippen molar-refractivity contribution in [2.45, 2.75) is 64.3 Å². The Kier molecular flexibility index (Phi) is 6.38. The lowest BCUT2D eigenvalue weighted by molar-refractivity contribution is 0.286. The van der Waals surface area contributed by atoms with Gasteiger partial charge in [0.1, 0.15) is 5.75 Å². The van der Waals surface area contributed by atoms with Crippen molar-refractivity contribution in [1.29, 1.82) is 0 Å². The highest BCUT2D eigenvalue weighted by Crippen LogP contribution is 2.27. The lowest BCUT2D eigenvalue weighted by atomic mass is 9.83. The Morgan fingerprint density at radius 2 is 1.85 bits per heavy atom. The molecule has 1 aromatic rings. The largest absolute Gasteiger partial charge is 0.508 e. The van der Waals surface area contributed by atoms with E-state index in [0.717, 1.165) is 18.9 Å². The fourth-order valence-corrected chi connectivity index (χ4v) is 3.50. The standard InChI is InChI=1S/C18H29NO/c1-2-19-18(14-15-9-8-12-17(20)13-15)16-10-6-4-3-5-7-11-16/h8-9,12-13,16,18-20H,2-7,10-11,14H2,1H3.